The number of rotatable bonds is 0. The van der Waals surface area contributed by atoms with E-state index in [1.54, 1.807) is 6.20 Å². The summed E-state index contributed by atoms with van der Waals surface area (Å²) < 4.78 is 0.778. The van der Waals surface area contributed by atoms with Gasteiger partial charge in [-0.2, -0.15) is 0 Å². The second-order valence-corrected chi connectivity index (χ2v) is 2.80. The lowest BCUT2D eigenvalue weighted by molar-refractivity contribution is -0.578. The van der Waals surface area contributed by atoms with Crippen molar-refractivity contribution >= 4 is 21.6 Å². The second-order valence-electron chi connectivity index (χ2n) is 1.90. The maximum Gasteiger partial charge on any atom is 0.290 e. The van der Waals surface area contributed by atoms with Crippen molar-refractivity contribution < 1.29 is 4.73 Å². The van der Waals surface area contributed by atoms with Crippen LogP contribution < -0.4 is 4.73 Å². The molecular formula is C6H4N2OS. The van der Waals surface area contributed by atoms with Crippen LogP contribution in [-0.2, 0) is 0 Å². The summed E-state index contributed by atoms with van der Waals surface area (Å²) in [6, 6.07) is 1.88. The molecule has 0 atom stereocenters. The van der Waals surface area contributed by atoms with Crippen LogP contribution in [-0.4, -0.2) is 4.98 Å². The van der Waals surface area contributed by atoms with Crippen LogP contribution in [0.2, 0.25) is 0 Å². The molecule has 3 nitrogen and oxygen atoms in total. The van der Waals surface area contributed by atoms with Gasteiger partial charge in [-0.25, -0.2) is 4.73 Å². The van der Waals surface area contributed by atoms with E-state index >= 15 is 0 Å². The van der Waals surface area contributed by atoms with E-state index in [9.17, 15) is 5.21 Å². The molecule has 0 aliphatic heterocycles. The molecule has 0 radical (unpaired) electrons. The van der Waals surface area contributed by atoms with Crippen molar-refractivity contribution in [2.75, 3.05) is 0 Å². The lowest BCUT2D eigenvalue weighted by atomic mass is 10.4. The Balaban J connectivity index is 2.95. The largest absolute Gasteiger partial charge is 0.710 e. The van der Waals surface area contributed by atoms with E-state index in [0.717, 1.165) is 14.9 Å². The Bertz CT molecular complexity index is 357. The molecule has 0 saturated heterocycles. The molecule has 2 rings (SSSR count). The molecule has 0 aliphatic rings. The van der Waals surface area contributed by atoms with Gasteiger partial charge in [0, 0.05) is 0 Å². The summed E-state index contributed by atoms with van der Waals surface area (Å²) in [5.74, 6) is 0. The van der Waals surface area contributed by atoms with Gasteiger partial charge in [0.15, 0.2) is 11.0 Å². The van der Waals surface area contributed by atoms with Gasteiger partial charge >= 0.3 is 0 Å². The van der Waals surface area contributed by atoms with E-state index in [4.69, 9.17) is 0 Å². The second kappa shape index (κ2) is 1.91. The Morgan fingerprint density at radius 3 is 3.30 bits per heavy atom. The fourth-order valence-electron chi connectivity index (χ4n) is 0.815. The quantitative estimate of drug-likeness (QED) is 0.416. The number of fused-ring (bicyclic) bond motifs is 1. The van der Waals surface area contributed by atoms with Crippen molar-refractivity contribution in [2.45, 2.75) is 0 Å². The van der Waals surface area contributed by atoms with Gasteiger partial charge in [-0.15, -0.1) is 11.3 Å². The highest BCUT2D eigenvalue weighted by Gasteiger charge is 2.00. The number of thiophene rings is 1. The molecule has 0 saturated carbocycles. The van der Waals surface area contributed by atoms with Crippen molar-refractivity contribution in [2.24, 2.45) is 0 Å². The minimum atomic E-state index is 0.718. The third-order valence-corrected chi connectivity index (χ3v) is 2.17. The number of hydrogen-bond acceptors (Lipinski definition) is 3. The molecular weight excluding hydrogens is 148 g/mol. The highest BCUT2D eigenvalue weighted by Crippen LogP contribution is 2.13. The molecule has 10 heavy (non-hydrogen) atoms. The molecule has 2 aromatic rings. The van der Waals surface area contributed by atoms with E-state index in [2.05, 4.69) is 4.98 Å². The van der Waals surface area contributed by atoms with Crippen LogP contribution in [0.25, 0.3) is 10.2 Å². The van der Waals surface area contributed by atoms with E-state index < -0.39 is 0 Å². The summed E-state index contributed by atoms with van der Waals surface area (Å²) in [6.45, 7) is 0. The predicted octanol–water partition coefficient (Wildman–Crippen LogP) is 0.930. The highest BCUT2D eigenvalue weighted by molar-refractivity contribution is 7.16. The van der Waals surface area contributed by atoms with Crippen LogP contribution >= 0.6 is 11.3 Å². The summed E-state index contributed by atoms with van der Waals surface area (Å²) in [5, 5.41) is 13.7. The molecule has 2 aromatic heterocycles. The summed E-state index contributed by atoms with van der Waals surface area (Å²) in [4.78, 5) is 4.46. The topological polar surface area (TPSA) is 39.8 Å². The van der Waals surface area contributed by atoms with Gasteiger partial charge in [-0.3, -0.25) is 0 Å². The van der Waals surface area contributed by atoms with Crippen LogP contribution in [0.5, 0.6) is 0 Å². The van der Waals surface area contributed by atoms with Crippen LogP contribution in [0, 0.1) is 5.21 Å². The van der Waals surface area contributed by atoms with Crippen molar-refractivity contribution in [1.82, 2.24) is 4.98 Å². The first-order chi connectivity index (χ1) is 4.88. The number of hydrogen-bond donors (Lipinski definition) is 0. The van der Waals surface area contributed by atoms with E-state index in [1.165, 1.54) is 17.7 Å². The lowest BCUT2D eigenvalue weighted by Crippen LogP contribution is -2.25. The summed E-state index contributed by atoms with van der Waals surface area (Å²) in [7, 11) is 0. The Morgan fingerprint density at radius 1 is 1.60 bits per heavy atom. The van der Waals surface area contributed by atoms with Gasteiger partial charge in [0.05, 0.1) is 5.39 Å². The van der Waals surface area contributed by atoms with Gasteiger partial charge < -0.3 is 5.21 Å². The van der Waals surface area contributed by atoms with Gasteiger partial charge in [-0.1, -0.05) is 4.98 Å². The monoisotopic (exact) mass is 152 g/mol. The molecule has 0 aliphatic carbocycles. The van der Waals surface area contributed by atoms with E-state index in [-0.39, 0.29) is 0 Å². The Labute approximate surface area is 61.2 Å². The van der Waals surface area contributed by atoms with Crippen LogP contribution in [0.4, 0.5) is 0 Å². The average molecular weight is 152 g/mol. The summed E-state index contributed by atoms with van der Waals surface area (Å²) in [5.41, 5.74) is 0. The first kappa shape index (κ1) is 5.61. The molecule has 0 aromatic carbocycles. The molecule has 0 spiro atoms. The molecule has 0 bridgehead atoms. The van der Waals surface area contributed by atoms with Gasteiger partial charge in [0.2, 0.25) is 0 Å². The van der Waals surface area contributed by atoms with Crippen molar-refractivity contribution in [3.63, 3.8) is 0 Å². The Morgan fingerprint density at radius 2 is 2.50 bits per heavy atom. The molecule has 4 heteroatoms. The average Bonchev–Trinajstić information content (AvgIpc) is 2.36. The van der Waals surface area contributed by atoms with Gasteiger partial charge in [0.1, 0.15) is 0 Å². The summed E-state index contributed by atoms with van der Waals surface area (Å²) in [6.07, 6.45) is 2.94. The van der Waals surface area contributed by atoms with Crippen molar-refractivity contribution in [1.29, 1.82) is 0 Å². The van der Waals surface area contributed by atoms with Crippen molar-refractivity contribution in [3.8, 4) is 0 Å². The maximum absolute atomic E-state index is 10.9. The maximum atomic E-state index is 10.9. The summed E-state index contributed by atoms with van der Waals surface area (Å²) >= 11 is 1.42. The van der Waals surface area contributed by atoms with Crippen molar-refractivity contribution in [3.05, 3.63) is 29.2 Å². The predicted molar refractivity (Wildman–Crippen MR) is 38.6 cm³/mol. The normalized spacial score (nSPS) is 10.4. The fourth-order valence-corrected chi connectivity index (χ4v) is 1.57. The molecule has 2 heterocycles. The Kier molecular flexibility index (Phi) is 1.07. The molecule has 0 N–H and O–H groups in total. The zero-order valence-electron chi connectivity index (χ0n) is 5.02. The van der Waals surface area contributed by atoms with Crippen LogP contribution in [0.3, 0.4) is 0 Å². The minimum absolute atomic E-state index is 0.718. The molecule has 0 amide bonds. The standard InChI is InChI=1S/C6H4N2OS/c9-8-4-7-3-5-1-2-10-6(5)8/h1-4H. The lowest BCUT2D eigenvalue weighted by Gasteiger charge is -1.96. The van der Waals surface area contributed by atoms with E-state index in [0.29, 0.717) is 0 Å². The third kappa shape index (κ3) is 0.657. The zero-order chi connectivity index (χ0) is 6.97. The number of nitrogens with zero attached hydrogens (tertiary/aromatic N) is 2. The first-order valence-corrected chi connectivity index (χ1v) is 3.66. The molecule has 50 valence electrons. The smallest absolute Gasteiger partial charge is 0.290 e. The van der Waals surface area contributed by atoms with Gasteiger partial charge in [-0.05, 0) is 11.4 Å². The Hall–Kier alpha value is -1.16. The zero-order valence-corrected chi connectivity index (χ0v) is 5.84. The minimum Gasteiger partial charge on any atom is -0.710 e. The highest BCUT2D eigenvalue weighted by atomic mass is 32.1. The SMILES string of the molecule is [O-][n+]1cncc2ccsc21. The van der Waals surface area contributed by atoms with Crippen LogP contribution in [0.15, 0.2) is 24.0 Å². The third-order valence-electron chi connectivity index (χ3n) is 1.26. The van der Waals surface area contributed by atoms with E-state index in [1.807, 2.05) is 11.4 Å². The molecule has 0 unspecified atom stereocenters. The van der Waals surface area contributed by atoms with Gasteiger partial charge in [0.25, 0.3) is 6.33 Å². The fraction of sp³-hybridized carbons (Fsp3) is 0. The van der Waals surface area contributed by atoms with Crippen LogP contribution in [0.1, 0.15) is 0 Å². The molecule has 0 fully saturated rings. The number of aromatic nitrogens is 2. The first-order valence-electron chi connectivity index (χ1n) is 2.78.